The summed E-state index contributed by atoms with van der Waals surface area (Å²) < 4.78 is 3.64. The number of carbonyl (C=O) groups excluding carboxylic acids is 1. The highest BCUT2D eigenvalue weighted by Gasteiger charge is 2.28. The Morgan fingerprint density at radius 1 is 1.17 bits per heavy atom. The standard InChI is InChI=1S/C17H15N5O/c1-10-9-11(2)22-17(18-10)21-15(12(3)23)14(19-16(21)20-22)13-7-5-4-6-8-13/h4-9H,1-3H3/p+1. The van der Waals surface area contributed by atoms with E-state index >= 15 is 0 Å². The zero-order valence-electron chi connectivity index (χ0n) is 13.2. The molecule has 3 heterocycles. The summed E-state index contributed by atoms with van der Waals surface area (Å²) in [5, 5.41) is 3.21. The summed E-state index contributed by atoms with van der Waals surface area (Å²) in [7, 11) is 0. The zero-order chi connectivity index (χ0) is 16.1. The number of ketones is 1. The van der Waals surface area contributed by atoms with Crippen molar-refractivity contribution in [3.8, 4) is 11.3 Å². The van der Waals surface area contributed by atoms with Crippen LogP contribution in [0.15, 0.2) is 36.4 Å². The summed E-state index contributed by atoms with van der Waals surface area (Å²) in [5.74, 6) is 1.23. The van der Waals surface area contributed by atoms with Gasteiger partial charge in [-0.05, 0) is 13.8 Å². The Bertz CT molecular complexity index is 1060. The summed E-state index contributed by atoms with van der Waals surface area (Å²) in [5.41, 5.74) is 4.04. The minimum absolute atomic E-state index is 0.0428. The van der Waals surface area contributed by atoms with Crippen molar-refractivity contribution in [2.75, 3.05) is 0 Å². The second-order valence-corrected chi connectivity index (χ2v) is 5.68. The van der Waals surface area contributed by atoms with Crippen molar-refractivity contribution in [3.63, 3.8) is 0 Å². The molecular weight excluding hydrogens is 290 g/mol. The van der Waals surface area contributed by atoms with Crippen LogP contribution in [0.3, 0.4) is 0 Å². The summed E-state index contributed by atoms with van der Waals surface area (Å²) in [6, 6.07) is 11.7. The Balaban J connectivity index is 2.15. The predicted octanol–water partition coefficient (Wildman–Crippen LogP) is 2.28. The molecule has 1 aromatic carbocycles. The number of rotatable bonds is 2. The van der Waals surface area contributed by atoms with Gasteiger partial charge in [0.05, 0.1) is 0 Å². The second kappa shape index (κ2) is 4.74. The molecule has 6 heteroatoms. The van der Waals surface area contributed by atoms with E-state index in [0.717, 1.165) is 17.0 Å². The number of nitrogens with zero attached hydrogens (tertiary/aromatic N) is 4. The fraction of sp³-hybridized carbons (Fsp3) is 0.176. The molecule has 0 aliphatic heterocycles. The Morgan fingerprint density at radius 2 is 1.91 bits per heavy atom. The van der Waals surface area contributed by atoms with Gasteiger partial charge in [-0.3, -0.25) is 4.79 Å². The molecule has 0 spiro atoms. The van der Waals surface area contributed by atoms with Crippen molar-refractivity contribution in [2.45, 2.75) is 20.8 Å². The smallest absolute Gasteiger partial charge is 0.291 e. The molecule has 0 radical (unpaired) electrons. The van der Waals surface area contributed by atoms with Crippen LogP contribution in [0.5, 0.6) is 0 Å². The molecule has 6 nitrogen and oxygen atoms in total. The van der Waals surface area contributed by atoms with Gasteiger partial charge in [0.25, 0.3) is 0 Å². The molecule has 0 aliphatic rings. The lowest BCUT2D eigenvalue weighted by molar-refractivity contribution is -0.585. The van der Waals surface area contributed by atoms with Crippen molar-refractivity contribution in [3.05, 3.63) is 53.5 Å². The first-order valence-electron chi connectivity index (χ1n) is 7.43. The first-order chi connectivity index (χ1) is 11.1. The molecule has 0 aliphatic carbocycles. The van der Waals surface area contributed by atoms with E-state index in [1.54, 1.807) is 11.3 Å². The molecule has 0 saturated carbocycles. The van der Waals surface area contributed by atoms with Crippen molar-refractivity contribution >= 4 is 17.3 Å². The number of hydrogen-bond donors (Lipinski definition) is 1. The zero-order valence-corrected chi connectivity index (χ0v) is 13.2. The van der Waals surface area contributed by atoms with E-state index in [1.807, 2.05) is 54.8 Å². The molecule has 3 aromatic heterocycles. The monoisotopic (exact) mass is 306 g/mol. The first-order valence-corrected chi connectivity index (χ1v) is 7.43. The number of Topliss-reactive ketones (excluding diaryl/α,β-unsaturated/α-hetero) is 1. The predicted molar refractivity (Wildman–Crippen MR) is 85.4 cm³/mol. The molecule has 0 bridgehead atoms. The Morgan fingerprint density at radius 3 is 2.61 bits per heavy atom. The maximum Gasteiger partial charge on any atom is 0.429 e. The van der Waals surface area contributed by atoms with Crippen molar-refractivity contribution in [1.29, 1.82) is 0 Å². The Kier molecular flexibility index (Phi) is 2.81. The molecule has 1 N–H and O–H groups in total. The number of carbonyl (C=O) groups is 1. The van der Waals surface area contributed by atoms with E-state index in [9.17, 15) is 4.79 Å². The third-order valence-corrected chi connectivity index (χ3v) is 3.92. The molecule has 0 saturated heterocycles. The van der Waals surface area contributed by atoms with Crippen LogP contribution in [0.4, 0.5) is 0 Å². The van der Waals surface area contributed by atoms with Gasteiger partial charge in [-0.15, -0.1) is 4.52 Å². The average molecular weight is 306 g/mol. The van der Waals surface area contributed by atoms with Gasteiger partial charge in [0.15, 0.2) is 11.5 Å². The molecule has 0 amide bonds. The lowest BCUT2D eigenvalue weighted by Crippen LogP contribution is -2.29. The molecular formula is C17H16N5O+. The van der Waals surface area contributed by atoms with Crippen LogP contribution in [0.25, 0.3) is 22.8 Å². The van der Waals surface area contributed by atoms with Gasteiger partial charge in [-0.2, -0.15) is 14.5 Å². The normalized spacial score (nSPS) is 11.4. The summed E-state index contributed by atoms with van der Waals surface area (Å²) in [6.07, 6.45) is 0. The van der Waals surface area contributed by atoms with Gasteiger partial charge in [0.1, 0.15) is 17.1 Å². The molecule has 4 aromatic rings. The lowest BCUT2D eigenvalue weighted by atomic mass is 10.1. The molecule has 23 heavy (non-hydrogen) atoms. The fourth-order valence-corrected chi connectivity index (χ4v) is 2.96. The van der Waals surface area contributed by atoms with E-state index in [1.165, 1.54) is 0 Å². The van der Waals surface area contributed by atoms with E-state index in [-0.39, 0.29) is 5.78 Å². The number of hydrogen-bond acceptors (Lipinski definition) is 3. The number of imidazole rings is 1. The fourth-order valence-electron chi connectivity index (χ4n) is 2.96. The minimum Gasteiger partial charge on any atom is -0.291 e. The quantitative estimate of drug-likeness (QED) is 0.456. The number of aromatic nitrogens is 5. The Hall–Kier alpha value is -3.02. The van der Waals surface area contributed by atoms with Crippen LogP contribution in [0.2, 0.25) is 0 Å². The third-order valence-electron chi connectivity index (χ3n) is 3.92. The van der Waals surface area contributed by atoms with Crippen LogP contribution in [-0.2, 0) is 0 Å². The maximum atomic E-state index is 12.3. The summed E-state index contributed by atoms with van der Waals surface area (Å²) >= 11 is 0. The van der Waals surface area contributed by atoms with Gasteiger partial charge < -0.3 is 0 Å². The summed E-state index contributed by atoms with van der Waals surface area (Å²) in [4.78, 5) is 21.5. The van der Waals surface area contributed by atoms with Crippen LogP contribution in [-0.4, -0.2) is 25.3 Å². The van der Waals surface area contributed by atoms with Gasteiger partial charge in [0, 0.05) is 18.6 Å². The van der Waals surface area contributed by atoms with Crippen LogP contribution < -0.4 is 4.52 Å². The lowest BCUT2D eigenvalue weighted by Gasteiger charge is -1.99. The van der Waals surface area contributed by atoms with Crippen molar-refractivity contribution in [2.24, 2.45) is 0 Å². The molecule has 0 fully saturated rings. The van der Waals surface area contributed by atoms with Crippen LogP contribution in [0, 0.1) is 13.8 Å². The number of aryl methyl sites for hydroxylation is 2. The number of fused-ring (bicyclic) bond motifs is 3. The van der Waals surface area contributed by atoms with Crippen molar-refractivity contribution in [1.82, 2.24) is 19.5 Å². The van der Waals surface area contributed by atoms with Gasteiger partial charge in [-0.25, -0.2) is 0 Å². The number of H-pyrrole nitrogens is 1. The molecule has 114 valence electrons. The van der Waals surface area contributed by atoms with E-state index in [2.05, 4.69) is 15.1 Å². The van der Waals surface area contributed by atoms with Gasteiger partial charge >= 0.3 is 11.6 Å². The highest BCUT2D eigenvalue weighted by molar-refractivity contribution is 5.99. The van der Waals surface area contributed by atoms with Gasteiger partial charge in [0.2, 0.25) is 0 Å². The first kappa shape index (κ1) is 13.6. The number of aromatic amines is 1. The maximum absolute atomic E-state index is 12.3. The number of nitrogens with one attached hydrogen (secondary N) is 1. The SMILES string of the molecule is CC(=O)c1c(-c2ccccc2)nc2[nH][n+]3c(C)cc(C)nc3n12. The van der Waals surface area contributed by atoms with E-state index in [4.69, 9.17) is 0 Å². The third kappa shape index (κ3) is 1.95. The van der Waals surface area contributed by atoms with E-state index < -0.39 is 0 Å². The summed E-state index contributed by atoms with van der Waals surface area (Å²) in [6.45, 7) is 5.49. The second-order valence-electron chi connectivity index (χ2n) is 5.68. The highest BCUT2D eigenvalue weighted by Crippen LogP contribution is 2.24. The Labute approximate surface area is 132 Å². The van der Waals surface area contributed by atoms with Crippen LogP contribution >= 0.6 is 0 Å². The van der Waals surface area contributed by atoms with Crippen molar-refractivity contribution < 1.29 is 9.31 Å². The van der Waals surface area contributed by atoms with E-state index in [0.29, 0.717) is 22.9 Å². The largest absolute Gasteiger partial charge is 0.429 e. The van der Waals surface area contributed by atoms with Crippen LogP contribution in [0.1, 0.15) is 28.8 Å². The molecule has 0 atom stereocenters. The minimum atomic E-state index is -0.0428. The topological polar surface area (TPSA) is 67.2 Å². The van der Waals surface area contributed by atoms with Gasteiger partial charge in [-0.1, -0.05) is 35.3 Å². The molecule has 4 rings (SSSR count). The number of benzene rings is 1. The highest BCUT2D eigenvalue weighted by atomic mass is 16.1. The molecule has 0 unspecified atom stereocenters. The average Bonchev–Trinajstić information content (AvgIpc) is 3.05.